The number of carbonyl (C=O) groups is 1. The van der Waals surface area contributed by atoms with E-state index in [2.05, 4.69) is 42.6 Å². The lowest BCUT2D eigenvalue weighted by Gasteiger charge is -2.32. The number of methoxy groups -OCH3 is 1. The molecule has 3 heterocycles. The summed E-state index contributed by atoms with van der Waals surface area (Å²) in [5.41, 5.74) is 9.06. The molecule has 0 unspecified atom stereocenters. The van der Waals surface area contributed by atoms with Crippen LogP contribution in [0.3, 0.4) is 0 Å². The molecule has 224 valence electrons. The molecule has 1 aliphatic heterocycles. The molecule has 42 heavy (non-hydrogen) atoms. The van der Waals surface area contributed by atoms with Gasteiger partial charge in [-0.15, -0.1) is 0 Å². The predicted octanol–water partition coefficient (Wildman–Crippen LogP) is 4.44. The van der Waals surface area contributed by atoms with E-state index in [0.29, 0.717) is 40.2 Å². The van der Waals surface area contributed by atoms with Crippen molar-refractivity contribution < 1.29 is 14.1 Å². The lowest BCUT2D eigenvalue weighted by molar-refractivity contribution is 0.102. The van der Waals surface area contributed by atoms with Crippen molar-refractivity contribution in [3.8, 4) is 0 Å². The highest BCUT2D eigenvalue weighted by Crippen LogP contribution is 2.26. The minimum atomic E-state index is -0.338. The van der Waals surface area contributed by atoms with Crippen molar-refractivity contribution >= 4 is 34.9 Å². The molecule has 4 rings (SSSR count). The van der Waals surface area contributed by atoms with Crippen LogP contribution in [0.4, 0.5) is 23.1 Å². The molecule has 12 heteroatoms. The molecule has 0 radical (unpaired) electrons. The Bertz CT molecular complexity index is 1420. The maximum atomic E-state index is 13.0. The van der Waals surface area contributed by atoms with Crippen molar-refractivity contribution in [2.24, 2.45) is 10.7 Å². The molecule has 1 aromatic carbocycles. The van der Waals surface area contributed by atoms with Crippen LogP contribution in [0, 0.1) is 6.92 Å². The number of rotatable bonds is 11. The standard InChI is InChI=1S/C30H41N9O3/c1-7-32-23-18-33-29(34-21-10-12-39(13-11-21)14-15-41-6)37-26(23)27(31)35-22-16-20(9-8-19(22)2)28(40)36-25-17-24(42-38-25)30(3,4)5/h7-9,16-18,21,32H,1,10-15H2,2-6H3,(H2,31,35)(H,33,34,37)(H,36,38,40). The second kappa shape index (κ2) is 13.6. The minimum absolute atomic E-state index is 0.172. The zero-order valence-electron chi connectivity index (χ0n) is 25.0. The Morgan fingerprint density at radius 1 is 1.29 bits per heavy atom. The second-order valence-corrected chi connectivity index (χ2v) is 11.3. The van der Waals surface area contributed by atoms with Crippen LogP contribution in [0.5, 0.6) is 0 Å². The number of nitrogens with two attached hydrogens (primary N) is 1. The monoisotopic (exact) mass is 575 g/mol. The third-order valence-electron chi connectivity index (χ3n) is 7.02. The van der Waals surface area contributed by atoms with Crippen molar-refractivity contribution in [1.82, 2.24) is 20.0 Å². The number of ether oxygens (including phenoxy) is 1. The van der Waals surface area contributed by atoms with E-state index in [-0.39, 0.29) is 23.2 Å². The average Bonchev–Trinajstić information content (AvgIpc) is 3.44. The van der Waals surface area contributed by atoms with Crippen molar-refractivity contribution in [1.29, 1.82) is 0 Å². The van der Waals surface area contributed by atoms with Gasteiger partial charge in [-0.1, -0.05) is 38.6 Å². The Kier molecular flexibility index (Phi) is 9.92. The highest BCUT2D eigenvalue weighted by Gasteiger charge is 2.22. The number of likely N-dealkylation sites (tertiary alicyclic amines) is 1. The van der Waals surface area contributed by atoms with Gasteiger partial charge in [0.1, 0.15) is 11.5 Å². The summed E-state index contributed by atoms with van der Waals surface area (Å²) in [7, 11) is 1.72. The van der Waals surface area contributed by atoms with E-state index in [1.165, 1.54) is 6.20 Å². The van der Waals surface area contributed by atoms with Crippen LogP contribution in [0.15, 0.2) is 52.8 Å². The van der Waals surface area contributed by atoms with Gasteiger partial charge in [-0.25, -0.2) is 15.0 Å². The fourth-order valence-corrected chi connectivity index (χ4v) is 4.50. The molecule has 3 aromatic rings. The number of hydrogen-bond acceptors (Lipinski definition) is 10. The molecule has 0 saturated carbocycles. The first-order valence-electron chi connectivity index (χ1n) is 14.0. The summed E-state index contributed by atoms with van der Waals surface area (Å²) in [6.07, 6.45) is 5.13. The molecular formula is C30H41N9O3. The number of aliphatic imine (C=N–C) groups is 1. The van der Waals surface area contributed by atoms with Crippen LogP contribution >= 0.6 is 0 Å². The Hall–Kier alpha value is -4.29. The third kappa shape index (κ3) is 7.92. The van der Waals surface area contributed by atoms with Gasteiger partial charge in [-0.2, -0.15) is 0 Å². The highest BCUT2D eigenvalue weighted by atomic mass is 16.5. The first kappa shape index (κ1) is 30.7. The maximum Gasteiger partial charge on any atom is 0.256 e. The SMILES string of the molecule is C=CNc1cnc(NC2CCN(CCOC)CC2)nc1C(N)=Nc1cc(C(=O)Nc2cc(C(C)(C)C)on2)ccc1C. The number of carbonyl (C=O) groups excluding carboxylic acids is 1. The van der Waals surface area contributed by atoms with Crippen LogP contribution in [-0.2, 0) is 10.2 Å². The number of nitrogens with one attached hydrogen (secondary N) is 3. The first-order chi connectivity index (χ1) is 20.1. The molecule has 0 atom stereocenters. The number of aromatic nitrogens is 3. The van der Waals surface area contributed by atoms with Gasteiger partial charge in [0.15, 0.2) is 11.7 Å². The predicted molar refractivity (Wildman–Crippen MR) is 166 cm³/mol. The molecule has 1 amide bonds. The summed E-state index contributed by atoms with van der Waals surface area (Å²) < 4.78 is 10.6. The summed E-state index contributed by atoms with van der Waals surface area (Å²) in [5, 5.41) is 13.2. The van der Waals surface area contributed by atoms with Crippen LogP contribution in [0.1, 0.15) is 61.0 Å². The quantitative estimate of drug-likeness (QED) is 0.190. The number of benzene rings is 1. The van der Waals surface area contributed by atoms with Crippen LogP contribution in [0.25, 0.3) is 0 Å². The van der Waals surface area contributed by atoms with E-state index in [0.717, 1.165) is 44.6 Å². The Morgan fingerprint density at radius 2 is 2.05 bits per heavy atom. The molecule has 2 aromatic heterocycles. The molecule has 1 saturated heterocycles. The van der Waals surface area contributed by atoms with Crippen LogP contribution in [0.2, 0.25) is 0 Å². The zero-order chi connectivity index (χ0) is 30.3. The summed E-state index contributed by atoms with van der Waals surface area (Å²) in [6.45, 7) is 15.3. The number of aryl methyl sites for hydroxylation is 1. The van der Waals surface area contributed by atoms with Gasteiger partial charge in [0.2, 0.25) is 5.95 Å². The van der Waals surface area contributed by atoms with E-state index in [1.807, 2.05) is 33.8 Å². The van der Waals surface area contributed by atoms with Gasteiger partial charge in [0, 0.05) is 49.8 Å². The molecule has 12 nitrogen and oxygen atoms in total. The molecule has 1 fully saturated rings. The smallest absolute Gasteiger partial charge is 0.256 e. The van der Waals surface area contributed by atoms with Gasteiger partial charge >= 0.3 is 0 Å². The van der Waals surface area contributed by atoms with Crippen molar-refractivity contribution in [3.05, 3.63) is 65.8 Å². The molecule has 0 spiro atoms. The second-order valence-electron chi connectivity index (χ2n) is 11.3. The normalized spacial score (nSPS) is 14.9. The fourth-order valence-electron chi connectivity index (χ4n) is 4.50. The van der Waals surface area contributed by atoms with Gasteiger partial charge in [-0.05, 0) is 43.7 Å². The van der Waals surface area contributed by atoms with Crippen molar-refractivity contribution in [3.63, 3.8) is 0 Å². The number of anilines is 3. The van der Waals surface area contributed by atoms with Crippen molar-refractivity contribution in [2.45, 2.75) is 52.0 Å². The molecule has 0 bridgehead atoms. The van der Waals surface area contributed by atoms with E-state index >= 15 is 0 Å². The minimum Gasteiger partial charge on any atom is -0.383 e. The number of amidine groups is 1. The number of nitrogens with zero attached hydrogens (tertiary/aromatic N) is 5. The van der Waals surface area contributed by atoms with E-state index in [9.17, 15) is 4.79 Å². The largest absolute Gasteiger partial charge is 0.383 e. The fraction of sp³-hybridized carbons (Fsp3) is 0.433. The highest BCUT2D eigenvalue weighted by molar-refractivity contribution is 6.05. The molecule has 5 N–H and O–H groups in total. The van der Waals surface area contributed by atoms with E-state index < -0.39 is 0 Å². The van der Waals surface area contributed by atoms with Gasteiger partial charge < -0.3 is 35.8 Å². The molecular weight excluding hydrogens is 534 g/mol. The number of hydrogen-bond donors (Lipinski definition) is 4. The topological polar surface area (TPSA) is 156 Å². The Morgan fingerprint density at radius 3 is 2.71 bits per heavy atom. The van der Waals surface area contributed by atoms with E-state index in [1.54, 1.807) is 31.5 Å². The van der Waals surface area contributed by atoms with Crippen LogP contribution in [-0.4, -0.2) is 71.2 Å². The summed E-state index contributed by atoms with van der Waals surface area (Å²) in [5.74, 6) is 1.33. The first-order valence-corrected chi connectivity index (χ1v) is 14.0. The maximum absolute atomic E-state index is 13.0. The lowest BCUT2D eigenvalue weighted by atomic mass is 9.93. The molecule has 1 aliphatic rings. The number of amides is 1. The van der Waals surface area contributed by atoms with Gasteiger partial charge in [0.25, 0.3) is 5.91 Å². The number of piperidine rings is 1. The van der Waals surface area contributed by atoms with Gasteiger partial charge in [0.05, 0.1) is 24.2 Å². The molecule has 0 aliphatic carbocycles. The van der Waals surface area contributed by atoms with Crippen LogP contribution < -0.4 is 21.7 Å². The Labute approximate surface area is 246 Å². The Balaban J connectivity index is 1.52. The lowest BCUT2D eigenvalue weighted by Crippen LogP contribution is -2.40. The summed E-state index contributed by atoms with van der Waals surface area (Å²) >= 11 is 0. The summed E-state index contributed by atoms with van der Waals surface area (Å²) in [4.78, 5) is 29.2. The van der Waals surface area contributed by atoms with Crippen molar-refractivity contribution in [2.75, 3.05) is 49.3 Å². The zero-order valence-corrected chi connectivity index (χ0v) is 25.0. The third-order valence-corrected chi connectivity index (χ3v) is 7.02. The summed E-state index contributed by atoms with van der Waals surface area (Å²) in [6, 6.07) is 7.19. The van der Waals surface area contributed by atoms with E-state index in [4.69, 9.17) is 20.0 Å². The average molecular weight is 576 g/mol. The van der Waals surface area contributed by atoms with Gasteiger partial charge in [-0.3, -0.25) is 4.79 Å².